The molecule has 31 heavy (non-hydrogen) atoms. The second kappa shape index (κ2) is 9.23. The van der Waals surface area contributed by atoms with Crippen LogP contribution in [0.3, 0.4) is 0 Å². The van der Waals surface area contributed by atoms with Crippen LogP contribution in [0.5, 0.6) is 0 Å². The summed E-state index contributed by atoms with van der Waals surface area (Å²) in [5.74, 6) is 1.13. The van der Waals surface area contributed by atoms with Crippen molar-refractivity contribution in [3.63, 3.8) is 0 Å². The molecular weight excluding hydrogens is 432 g/mol. The molecule has 7 nitrogen and oxygen atoms in total. The zero-order valence-electron chi connectivity index (χ0n) is 16.8. The Morgan fingerprint density at radius 1 is 1.06 bits per heavy atom. The minimum absolute atomic E-state index is 0.0948. The summed E-state index contributed by atoms with van der Waals surface area (Å²) in [6.07, 6.45) is 0. The number of rotatable bonds is 7. The number of thiazole rings is 1. The molecule has 156 valence electrons. The minimum Gasteiger partial charge on any atom is -0.338 e. The van der Waals surface area contributed by atoms with Gasteiger partial charge < -0.3 is 4.52 Å². The summed E-state index contributed by atoms with van der Waals surface area (Å²) in [7, 11) is 0. The molecule has 0 bridgehead atoms. The van der Waals surface area contributed by atoms with Crippen LogP contribution in [-0.4, -0.2) is 26.8 Å². The number of ketones is 1. The third-order valence-electron chi connectivity index (χ3n) is 4.27. The zero-order valence-corrected chi connectivity index (χ0v) is 18.4. The highest BCUT2D eigenvalue weighted by Crippen LogP contribution is 2.32. The number of carbonyl (C=O) groups is 2. The van der Waals surface area contributed by atoms with E-state index in [9.17, 15) is 9.59 Å². The van der Waals surface area contributed by atoms with Crippen LogP contribution in [0, 0.1) is 6.92 Å². The lowest BCUT2D eigenvalue weighted by atomic mass is 10.1. The summed E-state index contributed by atoms with van der Waals surface area (Å²) in [4.78, 5) is 35.1. The van der Waals surface area contributed by atoms with Crippen LogP contribution >= 0.6 is 23.1 Å². The molecule has 4 aromatic rings. The quantitative estimate of drug-likeness (QED) is 0.303. The Labute approximate surface area is 186 Å². The standard InChI is InChI=1S/C22H18N4O3S2/c1-13(27)20-19(15-8-4-3-5-9-15)24-22(31-20)25-21(28)16-10-6-7-11-17(16)30-12-18-23-14(2)26-29-18/h3-11H,12H2,1-2H3,(H,24,25,28). The molecule has 0 aliphatic carbocycles. The average Bonchev–Trinajstić information content (AvgIpc) is 3.39. The Balaban J connectivity index is 1.55. The molecule has 0 aliphatic heterocycles. The number of thioether (sulfide) groups is 1. The van der Waals surface area contributed by atoms with Crippen LogP contribution in [0.2, 0.25) is 0 Å². The Morgan fingerprint density at radius 2 is 1.81 bits per heavy atom. The first-order valence-corrected chi connectivity index (χ1v) is 11.2. The van der Waals surface area contributed by atoms with Gasteiger partial charge in [0.1, 0.15) is 0 Å². The first kappa shape index (κ1) is 21.0. The molecule has 4 rings (SSSR count). The van der Waals surface area contributed by atoms with Crippen LogP contribution < -0.4 is 5.32 Å². The van der Waals surface area contributed by atoms with E-state index in [0.29, 0.717) is 38.7 Å². The molecule has 0 spiro atoms. The van der Waals surface area contributed by atoms with Crippen LogP contribution in [0.4, 0.5) is 5.13 Å². The van der Waals surface area contributed by atoms with Gasteiger partial charge in [0.25, 0.3) is 5.91 Å². The molecule has 0 atom stereocenters. The van der Waals surface area contributed by atoms with Gasteiger partial charge in [-0.15, -0.1) is 11.8 Å². The van der Waals surface area contributed by atoms with Crippen molar-refractivity contribution in [1.82, 2.24) is 15.1 Å². The van der Waals surface area contributed by atoms with Crippen molar-refractivity contribution in [2.45, 2.75) is 24.5 Å². The maximum Gasteiger partial charge on any atom is 0.258 e. The number of anilines is 1. The molecule has 1 N–H and O–H groups in total. The lowest BCUT2D eigenvalue weighted by molar-refractivity contribution is 0.101. The first-order chi connectivity index (χ1) is 15.0. The fraction of sp³-hybridized carbons (Fsp3) is 0.136. The van der Waals surface area contributed by atoms with Gasteiger partial charge in [0.15, 0.2) is 16.7 Å². The van der Waals surface area contributed by atoms with Gasteiger partial charge in [-0.3, -0.25) is 14.9 Å². The second-order valence-electron chi connectivity index (χ2n) is 6.59. The number of benzene rings is 2. The molecule has 0 fully saturated rings. The van der Waals surface area contributed by atoms with Crippen molar-refractivity contribution in [2.24, 2.45) is 0 Å². The van der Waals surface area contributed by atoms with Crippen LogP contribution in [0.15, 0.2) is 64.0 Å². The fourth-order valence-corrected chi connectivity index (χ4v) is 4.65. The molecular formula is C22H18N4O3S2. The number of hydrogen-bond donors (Lipinski definition) is 1. The third-order valence-corrected chi connectivity index (χ3v) is 6.40. The Bertz CT molecular complexity index is 1230. The number of Topliss-reactive ketones (excluding diaryl/α,β-unsaturated/α-hetero) is 1. The van der Waals surface area contributed by atoms with E-state index in [1.807, 2.05) is 42.5 Å². The molecule has 2 aromatic carbocycles. The smallest absolute Gasteiger partial charge is 0.258 e. The predicted molar refractivity (Wildman–Crippen MR) is 121 cm³/mol. The Kier molecular flexibility index (Phi) is 6.24. The van der Waals surface area contributed by atoms with Crippen molar-refractivity contribution in [2.75, 3.05) is 5.32 Å². The highest BCUT2D eigenvalue weighted by atomic mass is 32.2. The topological polar surface area (TPSA) is 98.0 Å². The molecule has 0 saturated heterocycles. The number of aryl methyl sites for hydroxylation is 1. The normalized spacial score (nSPS) is 10.8. The first-order valence-electron chi connectivity index (χ1n) is 9.41. The summed E-state index contributed by atoms with van der Waals surface area (Å²) >= 11 is 2.61. The largest absolute Gasteiger partial charge is 0.338 e. The van der Waals surface area contributed by atoms with Gasteiger partial charge in [0.05, 0.1) is 21.9 Å². The number of nitrogens with one attached hydrogen (secondary N) is 1. The van der Waals surface area contributed by atoms with Crippen molar-refractivity contribution < 1.29 is 14.1 Å². The summed E-state index contributed by atoms with van der Waals surface area (Å²) in [6.45, 7) is 3.25. The van der Waals surface area contributed by atoms with Gasteiger partial charge in [-0.1, -0.05) is 59.0 Å². The van der Waals surface area contributed by atoms with E-state index in [0.717, 1.165) is 10.5 Å². The molecule has 0 saturated carbocycles. The van der Waals surface area contributed by atoms with Gasteiger partial charge in [-0.05, 0) is 19.1 Å². The van der Waals surface area contributed by atoms with Gasteiger partial charge in [-0.2, -0.15) is 4.98 Å². The summed E-state index contributed by atoms with van der Waals surface area (Å²) < 4.78 is 5.14. The van der Waals surface area contributed by atoms with Crippen molar-refractivity contribution >= 4 is 39.9 Å². The van der Waals surface area contributed by atoms with Crippen molar-refractivity contribution in [3.8, 4) is 11.3 Å². The van der Waals surface area contributed by atoms with Gasteiger partial charge in [-0.25, -0.2) is 4.98 Å². The van der Waals surface area contributed by atoms with E-state index >= 15 is 0 Å². The zero-order chi connectivity index (χ0) is 21.8. The summed E-state index contributed by atoms with van der Waals surface area (Å²) in [5.41, 5.74) is 1.91. The average molecular weight is 451 g/mol. The number of carbonyl (C=O) groups excluding carboxylic acids is 2. The number of hydrogen-bond acceptors (Lipinski definition) is 8. The number of nitrogens with zero attached hydrogens (tertiary/aromatic N) is 3. The highest BCUT2D eigenvalue weighted by molar-refractivity contribution is 7.98. The highest BCUT2D eigenvalue weighted by Gasteiger charge is 2.19. The Hall–Kier alpha value is -3.30. The minimum atomic E-state index is -0.298. The van der Waals surface area contributed by atoms with Crippen LogP contribution in [0.1, 0.15) is 38.7 Å². The van der Waals surface area contributed by atoms with Gasteiger partial charge >= 0.3 is 0 Å². The van der Waals surface area contributed by atoms with Gasteiger partial charge in [0.2, 0.25) is 5.89 Å². The van der Waals surface area contributed by atoms with E-state index in [1.165, 1.54) is 30.0 Å². The third kappa shape index (κ3) is 4.89. The summed E-state index contributed by atoms with van der Waals surface area (Å²) in [6, 6.07) is 16.7. The van der Waals surface area contributed by atoms with Crippen LogP contribution in [0.25, 0.3) is 11.3 Å². The second-order valence-corrected chi connectivity index (χ2v) is 8.61. The molecule has 0 unspecified atom stereocenters. The van der Waals surface area contributed by atoms with E-state index in [2.05, 4.69) is 20.4 Å². The van der Waals surface area contributed by atoms with E-state index in [-0.39, 0.29) is 11.7 Å². The molecule has 2 heterocycles. The molecule has 1 amide bonds. The Morgan fingerprint density at radius 3 is 2.52 bits per heavy atom. The fourth-order valence-electron chi connectivity index (χ4n) is 2.89. The van der Waals surface area contributed by atoms with Crippen LogP contribution in [-0.2, 0) is 5.75 Å². The SMILES string of the molecule is CC(=O)c1sc(NC(=O)c2ccccc2SCc2nc(C)no2)nc1-c1ccccc1. The molecule has 2 aromatic heterocycles. The van der Waals surface area contributed by atoms with E-state index in [4.69, 9.17) is 4.52 Å². The molecule has 0 radical (unpaired) electrons. The maximum atomic E-state index is 13.0. The lowest BCUT2D eigenvalue weighted by Crippen LogP contribution is -2.12. The molecule has 9 heteroatoms. The van der Waals surface area contributed by atoms with E-state index < -0.39 is 0 Å². The predicted octanol–water partition coefficient (Wildman–Crippen LogP) is 5.25. The molecule has 0 aliphatic rings. The van der Waals surface area contributed by atoms with Crippen molar-refractivity contribution in [1.29, 1.82) is 0 Å². The van der Waals surface area contributed by atoms with E-state index in [1.54, 1.807) is 19.1 Å². The number of aromatic nitrogens is 3. The maximum absolute atomic E-state index is 13.0. The monoisotopic (exact) mass is 450 g/mol. The van der Waals surface area contributed by atoms with Crippen molar-refractivity contribution in [3.05, 3.63) is 76.8 Å². The lowest BCUT2D eigenvalue weighted by Gasteiger charge is -2.07. The number of amides is 1. The van der Waals surface area contributed by atoms with Gasteiger partial charge in [0, 0.05) is 17.4 Å². The summed E-state index contributed by atoms with van der Waals surface area (Å²) in [5, 5.41) is 6.99.